The van der Waals surface area contributed by atoms with Crippen LogP contribution >= 0.6 is 11.8 Å². The van der Waals surface area contributed by atoms with Crippen LogP contribution in [-0.2, 0) is 10.5 Å². The summed E-state index contributed by atoms with van der Waals surface area (Å²) in [6, 6.07) is 6.78. The predicted molar refractivity (Wildman–Crippen MR) is 85.5 cm³/mol. The molecule has 0 N–H and O–H groups in total. The second-order valence-electron chi connectivity index (χ2n) is 5.35. The molecule has 0 bridgehead atoms. The zero-order chi connectivity index (χ0) is 15.6. The predicted octanol–water partition coefficient (Wildman–Crippen LogP) is 3.57. The third-order valence-corrected chi connectivity index (χ3v) is 4.89. The molecule has 3 aromatic rings. The number of benzene rings is 1. The lowest BCUT2D eigenvalue weighted by Crippen LogP contribution is -2.06. The van der Waals surface area contributed by atoms with Crippen LogP contribution in [0.15, 0.2) is 41.9 Å². The summed E-state index contributed by atoms with van der Waals surface area (Å²) in [5.74, 6) is 0.307. The second-order valence-corrected chi connectivity index (χ2v) is 6.31. The van der Waals surface area contributed by atoms with E-state index >= 15 is 0 Å². The molecule has 1 fully saturated rings. The fourth-order valence-corrected chi connectivity index (χ4v) is 3.62. The average Bonchev–Trinajstić information content (AvgIpc) is 3.23. The van der Waals surface area contributed by atoms with Gasteiger partial charge in [0.05, 0.1) is 6.33 Å². The third-order valence-electron chi connectivity index (χ3n) is 3.86. The van der Waals surface area contributed by atoms with Crippen LogP contribution in [0.3, 0.4) is 0 Å². The number of imidazole rings is 1. The van der Waals surface area contributed by atoms with E-state index in [4.69, 9.17) is 4.74 Å². The fraction of sp³-hybridized carbons (Fsp3) is 0.312. The quantitative estimate of drug-likeness (QED) is 0.541. The van der Waals surface area contributed by atoms with Gasteiger partial charge in [0.2, 0.25) is 0 Å². The van der Waals surface area contributed by atoms with E-state index in [1.807, 2.05) is 10.6 Å². The first-order valence-corrected chi connectivity index (χ1v) is 8.47. The number of hydrogen-bond donors (Lipinski definition) is 0. The van der Waals surface area contributed by atoms with Gasteiger partial charge in [-0.3, -0.25) is 4.57 Å². The molecule has 1 aromatic carbocycles. The molecule has 23 heavy (non-hydrogen) atoms. The topological polar surface area (TPSA) is 52.8 Å². The highest BCUT2D eigenvalue weighted by molar-refractivity contribution is 7.98. The van der Waals surface area contributed by atoms with Gasteiger partial charge in [-0.05, 0) is 24.5 Å². The Morgan fingerprint density at radius 1 is 1.26 bits per heavy atom. The van der Waals surface area contributed by atoms with E-state index < -0.39 is 0 Å². The smallest absolute Gasteiger partial charge is 0.166 e. The van der Waals surface area contributed by atoms with Crippen molar-refractivity contribution in [1.82, 2.24) is 19.5 Å². The fourth-order valence-electron chi connectivity index (χ4n) is 2.69. The highest BCUT2D eigenvalue weighted by Crippen LogP contribution is 2.30. The van der Waals surface area contributed by atoms with Gasteiger partial charge >= 0.3 is 0 Å². The molecule has 1 unspecified atom stereocenters. The Morgan fingerprint density at radius 3 is 3.00 bits per heavy atom. The van der Waals surface area contributed by atoms with Crippen LogP contribution in [0.25, 0.3) is 11.2 Å². The number of halogens is 1. The van der Waals surface area contributed by atoms with Crippen LogP contribution in [0.2, 0.25) is 0 Å². The molecule has 1 aliphatic heterocycles. The second kappa shape index (κ2) is 6.25. The minimum absolute atomic E-state index is 0.000632. The number of thioether (sulfide) groups is 1. The molecule has 0 radical (unpaired) electrons. The van der Waals surface area contributed by atoms with E-state index in [9.17, 15) is 4.39 Å². The Labute approximate surface area is 136 Å². The van der Waals surface area contributed by atoms with E-state index in [2.05, 4.69) is 15.0 Å². The lowest BCUT2D eigenvalue weighted by atomic mass is 10.2. The molecule has 0 aliphatic carbocycles. The van der Waals surface area contributed by atoms with Gasteiger partial charge in [0.15, 0.2) is 5.65 Å². The molecule has 0 amide bonds. The number of nitrogens with zero attached hydrogens (tertiary/aromatic N) is 4. The summed E-state index contributed by atoms with van der Waals surface area (Å²) in [5.41, 5.74) is 2.16. The molecule has 0 saturated carbocycles. The maximum absolute atomic E-state index is 13.7. The molecule has 1 saturated heterocycles. The first kappa shape index (κ1) is 14.6. The van der Waals surface area contributed by atoms with Crippen LogP contribution in [0.4, 0.5) is 4.39 Å². The monoisotopic (exact) mass is 330 g/mol. The van der Waals surface area contributed by atoms with Crippen LogP contribution in [0.1, 0.15) is 24.6 Å². The molecule has 3 heterocycles. The van der Waals surface area contributed by atoms with Gasteiger partial charge in [-0.15, -0.1) is 0 Å². The summed E-state index contributed by atoms with van der Waals surface area (Å²) < 4.78 is 21.4. The lowest BCUT2D eigenvalue weighted by molar-refractivity contribution is 0.0593. The summed E-state index contributed by atoms with van der Waals surface area (Å²) in [5, 5.41) is 0.759. The Hall–Kier alpha value is -1.99. The Kier molecular flexibility index (Phi) is 3.97. The minimum atomic E-state index is -0.199. The van der Waals surface area contributed by atoms with Crippen molar-refractivity contribution in [1.29, 1.82) is 0 Å². The van der Waals surface area contributed by atoms with Crippen molar-refractivity contribution in [2.45, 2.75) is 29.8 Å². The van der Waals surface area contributed by atoms with Crippen LogP contribution in [-0.4, -0.2) is 26.1 Å². The normalized spacial score (nSPS) is 17.9. The molecule has 1 atom stereocenters. The molecule has 5 nitrogen and oxygen atoms in total. The van der Waals surface area contributed by atoms with E-state index in [0.717, 1.165) is 35.6 Å². The van der Waals surface area contributed by atoms with E-state index in [1.54, 1.807) is 18.5 Å². The highest BCUT2D eigenvalue weighted by Gasteiger charge is 2.21. The van der Waals surface area contributed by atoms with Crippen LogP contribution < -0.4 is 0 Å². The summed E-state index contributed by atoms with van der Waals surface area (Å²) >= 11 is 1.47. The van der Waals surface area contributed by atoms with Crippen LogP contribution in [0, 0.1) is 5.82 Å². The zero-order valence-electron chi connectivity index (χ0n) is 12.4. The number of aromatic nitrogens is 4. The van der Waals surface area contributed by atoms with Gasteiger partial charge in [0, 0.05) is 12.4 Å². The lowest BCUT2D eigenvalue weighted by Gasteiger charge is -2.11. The van der Waals surface area contributed by atoms with Gasteiger partial charge in [-0.25, -0.2) is 19.3 Å². The highest BCUT2D eigenvalue weighted by atomic mass is 32.2. The van der Waals surface area contributed by atoms with Crippen molar-refractivity contribution in [3.05, 3.63) is 48.3 Å². The SMILES string of the molecule is Fc1ccccc1CSc1ncnc2c1ncn2C1CCCO1. The average molecular weight is 330 g/mol. The van der Waals surface area contributed by atoms with Gasteiger partial charge in [0.25, 0.3) is 0 Å². The first-order chi connectivity index (χ1) is 11.3. The number of hydrogen-bond acceptors (Lipinski definition) is 5. The van der Waals surface area contributed by atoms with E-state index in [-0.39, 0.29) is 12.0 Å². The summed E-state index contributed by atoms with van der Waals surface area (Å²) in [6.45, 7) is 0.768. The standard InChI is InChI=1S/C16H15FN4OS/c17-12-5-2-1-4-11(12)8-23-16-14-15(18-9-19-16)21(10-20-14)13-6-3-7-22-13/h1-2,4-5,9-10,13H,3,6-8H2. The summed E-state index contributed by atoms with van der Waals surface area (Å²) in [4.78, 5) is 13.1. The maximum atomic E-state index is 13.7. The molecular weight excluding hydrogens is 315 g/mol. The first-order valence-electron chi connectivity index (χ1n) is 7.48. The molecule has 4 rings (SSSR count). The molecular formula is C16H15FN4OS. The summed E-state index contributed by atoms with van der Waals surface area (Å²) in [7, 11) is 0. The molecule has 118 valence electrons. The van der Waals surface area contributed by atoms with Gasteiger partial charge in [-0.1, -0.05) is 30.0 Å². The maximum Gasteiger partial charge on any atom is 0.166 e. The largest absolute Gasteiger partial charge is 0.358 e. The third kappa shape index (κ3) is 2.82. The van der Waals surface area contributed by atoms with Crippen molar-refractivity contribution in [3.8, 4) is 0 Å². The van der Waals surface area contributed by atoms with Crippen LogP contribution in [0.5, 0.6) is 0 Å². The number of fused-ring (bicyclic) bond motifs is 1. The Morgan fingerprint density at radius 2 is 2.17 bits per heavy atom. The van der Waals surface area contributed by atoms with Crippen molar-refractivity contribution in [2.75, 3.05) is 6.61 Å². The Balaban J connectivity index is 1.62. The van der Waals surface area contributed by atoms with E-state index in [1.165, 1.54) is 24.2 Å². The van der Waals surface area contributed by atoms with Crippen molar-refractivity contribution < 1.29 is 9.13 Å². The van der Waals surface area contributed by atoms with Gasteiger partial charge in [-0.2, -0.15) is 0 Å². The number of ether oxygens (including phenoxy) is 1. The zero-order valence-corrected chi connectivity index (χ0v) is 13.2. The van der Waals surface area contributed by atoms with Gasteiger partial charge in [0.1, 0.15) is 28.9 Å². The minimum Gasteiger partial charge on any atom is -0.358 e. The molecule has 7 heteroatoms. The number of rotatable bonds is 4. The molecule has 0 spiro atoms. The summed E-state index contributed by atoms with van der Waals surface area (Å²) in [6.07, 6.45) is 5.29. The van der Waals surface area contributed by atoms with Crippen molar-refractivity contribution >= 4 is 22.9 Å². The molecule has 1 aliphatic rings. The van der Waals surface area contributed by atoms with Crippen molar-refractivity contribution in [3.63, 3.8) is 0 Å². The van der Waals surface area contributed by atoms with Gasteiger partial charge < -0.3 is 4.74 Å². The van der Waals surface area contributed by atoms with E-state index in [0.29, 0.717) is 11.3 Å². The Bertz CT molecular complexity index is 832. The van der Waals surface area contributed by atoms with Crippen molar-refractivity contribution in [2.24, 2.45) is 0 Å². The molecule has 2 aromatic heterocycles.